The molecule has 0 saturated heterocycles. The molecule has 0 heterocycles. The molecule has 0 bridgehead atoms. The monoisotopic (exact) mass is 243 g/mol. The number of halogens is 1. The molecule has 1 amide bonds. The van der Waals surface area contributed by atoms with Gasteiger partial charge in [-0.1, -0.05) is 25.7 Å². The molecule has 92 valence electrons. The summed E-state index contributed by atoms with van der Waals surface area (Å²) in [5.41, 5.74) is -0.0827. The van der Waals surface area contributed by atoms with Gasteiger partial charge < -0.3 is 5.32 Å². The van der Waals surface area contributed by atoms with E-state index in [9.17, 15) is 4.79 Å². The maximum absolute atomic E-state index is 11.9. The van der Waals surface area contributed by atoms with E-state index in [2.05, 4.69) is 5.32 Å². The molecule has 2 rings (SSSR count). The summed E-state index contributed by atoms with van der Waals surface area (Å²) < 4.78 is 0. The van der Waals surface area contributed by atoms with Gasteiger partial charge in [-0.05, 0) is 31.6 Å². The lowest BCUT2D eigenvalue weighted by Gasteiger charge is -2.37. The molecule has 0 spiro atoms. The number of carbonyl (C=O) groups is 1. The first-order valence-corrected chi connectivity index (χ1v) is 7.14. The number of rotatable bonds is 4. The van der Waals surface area contributed by atoms with Gasteiger partial charge in [0, 0.05) is 12.3 Å². The predicted octanol–water partition coefficient (Wildman–Crippen LogP) is 3.23. The first-order chi connectivity index (χ1) is 7.74. The number of alkyl halides is 1. The molecule has 0 radical (unpaired) electrons. The van der Waals surface area contributed by atoms with Crippen molar-refractivity contribution in [1.82, 2.24) is 5.32 Å². The molecule has 2 saturated carbocycles. The van der Waals surface area contributed by atoms with Crippen LogP contribution in [0.2, 0.25) is 0 Å². The summed E-state index contributed by atoms with van der Waals surface area (Å²) in [5, 5.41) is 3.21. The van der Waals surface area contributed by atoms with E-state index in [4.69, 9.17) is 11.6 Å². The Morgan fingerprint density at radius 2 is 1.88 bits per heavy atom. The van der Waals surface area contributed by atoms with Crippen molar-refractivity contribution in [3.05, 3.63) is 0 Å². The van der Waals surface area contributed by atoms with Gasteiger partial charge in [0.15, 0.2) is 0 Å². The van der Waals surface area contributed by atoms with E-state index in [-0.39, 0.29) is 11.4 Å². The van der Waals surface area contributed by atoms with Crippen LogP contribution in [0.15, 0.2) is 0 Å². The van der Waals surface area contributed by atoms with Crippen LogP contribution in [0, 0.1) is 5.92 Å². The number of hydrogen-bond acceptors (Lipinski definition) is 1. The highest BCUT2D eigenvalue weighted by Crippen LogP contribution is 2.32. The lowest BCUT2D eigenvalue weighted by atomic mass is 9.81. The van der Waals surface area contributed by atoms with Gasteiger partial charge in [-0.3, -0.25) is 4.79 Å². The minimum Gasteiger partial charge on any atom is -0.349 e. The predicted molar refractivity (Wildman–Crippen MR) is 66.6 cm³/mol. The standard InChI is InChI=1S/C13H22ClNO/c14-10-13(7-2-1-3-8-13)15-12(16)9-11-5-4-6-11/h11H,1-10H2,(H,15,16). The molecule has 2 nitrogen and oxygen atoms in total. The van der Waals surface area contributed by atoms with E-state index in [0.29, 0.717) is 11.8 Å². The summed E-state index contributed by atoms with van der Waals surface area (Å²) >= 11 is 6.05. The van der Waals surface area contributed by atoms with Crippen molar-refractivity contribution in [2.75, 3.05) is 5.88 Å². The van der Waals surface area contributed by atoms with Crippen molar-refractivity contribution < 1.29 is 4.79 Å². The van der Waals surface area contributed by atoms with Gasteiger partial charge in [-0.2, -0.15) is 0 Å². The quantitative estimate of drug-likeness (QED) is 0.755. The van der Waals surface area contributed by atoms with E-state index in [1.54, 1.807) is 0 Å². The van der Waals surface area contributed by atoms with Gasteiger partial charge in [-0.25, -0.2) is 0 Å². The second-order valence-corrected chi connectivity index (χ2v) is 5.79. The summed E-state index contributed by atoms with van der Waals surface area (Å²) in [7, 11) is 0. The van der Waals surface area contributed by atoms with Gasteiger partial charge in [0.1, 0.15) is 0 Å². The zero-order valence-electron chi connectivity index (χ0n) is 9.93. The second-order valence-electron chi connectivity index (χ2n) is 5.52. The minimum absolute atomic E-state index is 0.0827. The lowest BCUT2D eigenvalue weighted by molar-refractivity contribution is -0.124. The molecule has 0 unspecified atom stereocenters. The Bertz CT molecular complexity index is 244. The highest BCUT2D eigenvalue weighted by molar-refractivity contribution is 6.18. The van der Waals surface area contributed by atoms with Crippen LogP contribution < -0.4 is 5.32 Å². The molecule has 16 heavy (non-hydrogen) atoms. The van der Waals surface area contributed by atoms with Crippen LogP contribution in [0.5, 0.6) is 0 Å². The molecule has 3 heteroatoms. The number of hydrogen-bond donors (Lipinski definition) is 1. The molecule has 2 fully saturated rings. The summed E-state index contributed by atoms with van der Waals surface area (Å²) in [6, 6.07) is 0. The van der Waals surface area contributed by atoms with Gasteiger partial charge in [0.2, 0.25) is 5.91 Å². The average molecular weight is 244 g/mol. The van der Waals surface area contributed by atoms with Crippen LogP contribution in [-0.4, -0.2) is 17.3 Å². The van der Waals surface area contributed by atoms with E-state index in [1.165, 1.54) is 38.5 Å². The fraction of sp³-hybridized carbons (Fsp3) is 0.923. The molecule has 0 aliphatic heterocycles. The van der Waals surface area contributed by atoms with Crippen molar-refractivity contribution >= 4 is 17.5 Å². The topological polar surface area (TPSA) is 29.1 Å². The minimum atomic E-state index is -0.0827. The Balaban J connectivity index is 1.82. The Kier molecular flexibility index (Phi) is 4.12. The van der Waals surface area contributed by atoms with Crippen LogP contribution in [0.1, 0.15) is 57.8 Å². The number of carbonyl (C=O) groups excluding carboxylic acids is 1. The lowest BCUT2D eigenvalue weighted by Crippen LogP contribution is -2.51. The fourth-order valence-corrected chi connectivity index (χ4v) is 3.16. The first kappa shape index (κ1) is 12.2. The molecular weight excluding hydrogens is 222 g/mol. The highest BCUT2D eigenvalue weighted by atomic mass is 35.5. The molecule has 0 aromatic rings. The van der Waals surface area contributed by atoms with Crippen molar-refractivity contribution in [3.8, 4) is 0 Å². The van der Waals surface area contributed by atoms with Crippen molar-refractivity contribution in [3.63, 3.8) is 0 Å². The molecule has 2 aliphatic rings. The summed E-state index contributed by atoms with van der Waals surface area (Å²) in [6.45, 7) is 0. The third-order valence-electron chi connectivity index (χ3n) is 4.17. The van der Waals surface area contributed by atoms with Crippen LogP contribution in [0.25, 0.3) is 0 Å². The van der Waals surface area contributed by atoms with Crippen molar-refractivity contribution in [2.24, 2.45) is 5.92 Å². The smallest absolute Gasteiger partial charge is 0.220 e. The zero-order chi connectivity index (χ0) is 11.4. The first-order valence-electron chi connectivity index (χ1n) is 6.61. The Labute approximate surface area is 103 Å². The SMILES string of the molecule is O=C(CC1CCC1)NC1(CCl)CCCCC1. The van der Waals surface area contributed by atoms with E-state index < -0.39 is 0 Å². The maximum atomic E-state index is 11.9. The summed E-state index contributed by atoms with van der Waals surface area (Å²) in [5.74, 6) is 1.45. The largest absolute Gasteiger partial charge is 0.349 e. The van der Waals surface area contributed by atoms with Crippen LogP contribution in [0.4, 0.5) is 0 Å². The van der Waals surface area contributed by atoms with Crippen LogP contribution in [-0.2, 0) is 4.79 Å². The zero-order valence-corrected chi connectivity index (χ0v) is 10.7. The van der Waals surface area contributed by atoms with E-state index >= 15 is 0 Å². The van der Waals surface area contributed by atoms with Gasteiger partial charge in [-0.15, -0.1) is 11.6 Å². The normalized spacial score (nSPS) is 24.8. The summed E-state index contributed by atoms with van der Waals surface area (Å²) in [6.07, 6.45) is 10.3. The number of amides is 1. The molecule has 1 N–H and O–H groups in total. The second kappa shape index (κ2) is 5.39. The summed E-state index contributed by atoms with van der Waals surface area (Å²) in [4.78, 5) is 11.9. The Morgan fingerprint density at radius 3 is 2.38 bits per heavy atom. The van der Waals surface area contributed by atoms with E-state index in [1.807, 2.05) is 0 Å². The third-order valence-corrected chi connectivity index (χ3v) is 4.68. The van der Waals surface area contributed by atoms with Gasteiger partial charge >= 0.3 is 0 Å². The van der Waals surface area contributed by atoms with Crippen LogP contribution >= 0.6 is 11.6 Å². The number of nitrogens with one attached hydrogen (secondary N) is 1. The molecule has 0 atom stereocenters. The van der Waals surface area contributed by atoms with Crippen molar-refractivity contribution in [1.29, 1.82) is 0 Å². The maximum Gasteiger partial charge on any atom is 0.220 e. The fourth-order valence-electron chi connectivity index (χ4n) is 2.83. The van der Waals surface area contributed by atoms with Crippen LogP contribution in [0.3, 0.4) is 0 Å². The molecule has 2 aliphatic carbocycles. The average Bonchev–Trinajstić information content (AvgIpc) is 2.25. The Hall–Kier alpha value is -0.240. The Morgan fingerprint density at radius 1 is 1.19 bits per heavy atom. The third kappa shape index (κ3) is 2.91. The van der Waals surface area contributed by atoms with Gasteiger partial charge in [0.25, 0.3) is 0 Å². The highest BCUT2D eigenvalue weighted by Gasteiger charge is 2.33. The molecule has 0 aromatic carbocycles. The van der Waals surface area contributed by atoms with E-state index in [0.717, 1.165) is 19.3 Å². The van der Waals surface area contributed by atoms with Gasteiger partial charge in [0.05, 0.1) is 5.54 Å². The van der Waals surface area contributed by atoms with Crippen molar-refractivity contribution in [2.45, 2.75) is 63.3 Å². The molecule has 0 aromatic heterocycles. The molecular formula is C13H22ClNO.